The number of halogens is 2. The summed E-state index contributed by atoms with van der Waals surface area (Å²) in [7, 11) is 4.27. The highest BCUT2D eigenvalue weighted by atomic mass is 19.1. The summed E-state index contributed by atoms with van der Waals surface area (Å²) in [4.78, 5) is 20.0. The highest BCUT2D eigenvalue weighted by Gasteiger charge is 2.26. The van der Waals surface area contributed by atoms with Crippen LogP contribution in [-0.2, 0) is 6.42 Å². The van der Waals surface area contributed by atoms with Crippen LogP contribution in [0.3, 0.4) is 0 Å². The molecule has 2 aromatic heterocycles. The molecular formula is C28H34F2N6O. The van der Waals surface area contributed by atoms with Gasteiger partial charge in [0.15, 0.2) is 17.4 Å². The van der Waals surface area contributed by atoms with E-state index < -0.39 is 11.6 Å². The smallest absolute Gasteiger partial charge is 0.178 e. The van der Waals surface area contributed by atoms with Gasteiger partial charge in [-0.2, -0.15) is 0 Å². The first-order valence-electron chi connectivity index (χ1n) is 12.9. The summed E-state index contributed by atoms with van der Waals surface area (Å²) in [6, 6.07) is 7.84. The van der Waals surface area contributed by atoms with Crippen LogP contribution in [0.2, 0.25) is 0 Å². The molecule has 3 aromatic rings. The molecule has 0 saturated carbocycles. The lowest BCUT2D eigenvalue weighted by Crippen LogP contribution is -2.42. The van der Waals surface area contributed by atoms with Gasteiger partial charge >= 0.3 is 0 Å². The van der Waals surface area contributed by atoms with Crippen LogP contribution >= 0.6 is 0 Å². The van der Waals surface area contributed by atoms with Gasteiger partial charge in [0, 0.05) is 36.4 Å². The molecular weight excluding hydrogens is 474 g/mol. The van der Waals surface area contributed by atoms with Crippen LogP contribution in [0.1, 0.15) is 38.2 Å². The van der Waals surface area contributed by atoms with Crippen molar-refractivity contribution in [2.24, 2.45) is 0 Å². The number of nitrogens with zero attached hydrogens (tertiary/aromatic N) is 6. The van der Waals surface area contributed by atoms with Crippen molar-refractivity contribution in [3.63, 3.8) is 0 Å². The number of piperidine rings is 1. The number of rotatable bonds is 6. The molecule has 0 unspecified atom stereocenters. The molecule has 0 atom stereocenters. The van der Waals surface area contributed by atoms with Gasteiger partial charge in [-0.1, -0.05) is 0 Å². The lowest BCUT2D eigenvalue weighted by atomic mass is 10.0. The van der Waals surface area contributed by atoms with Crippen molar-refractivity contribution in [1.29, 1.82) is 0 Å². The summed E-state index contributed by atoms with van der Waals surface area (Å²) in [5.41, 5.74) is 2.94. The van der Waals surface area contributed by atoms with Crippen LogP contribution in [0.25, 0.3) is 11.3 Å². The molecule has 4 heterocycles. The molecule has 7 nitrogen and oxygen atoms in total. The second-order valence-corrected chi connectivity index (χ2v) is 10.3. The Balaban J connectivity index is 1.35. The zero-order chi connectivity index (χ0) is 26.1. The fraction of sp³-hybridized carbons (Fsp3) is 0.464. The molecule has 0 amide bonds. The predicted octanol–water partition coefficient (Wildman–Crippen LogP) is 4.55. The maximum Gasteiger partial charge on any atom is 0.178 e. The standard InChI is InChI=1S/C28H34F2N6O/c1-18(2)36-11-12-37-28-23(29)13-19(14-25(28)36)27-24(30)17-32-26(33-27)15-20-5-6-22(16-31-20)35-9-7-21(8-10-35)34(3)4/h5-6,13-14,16-18,21H,7-12,15H2,1-4H3. The Morgan fingerprint density at radius 1 is 1.03 bits per heavy atom. The molecule has 5 rings (SSSR count). The predicted molar refractivity (Wildman–Crippen MR) is 141 cm³/mol. The number of aromatic nitrogens is 3. The van der Waals surface area contributed by atoms with Crippen molar-refractivity contribution in [1.82, 2.24) is 19.9 Å². The van der Waals surface area contributed by atoms with Gasteiger partial charge in [-0.15, -0.1) is 0 Å². The van der Waals surface area contributed by atoms with Crippen LogP contribution in [0.15, 0.2) is 36.7 Å². The summed E-state index contributed by atoms with van der Waals surface area (Å²) >= 11 is 0. The van der Waals surface area contributed by atoms with E-state index in [-0.39, 0.29) is 17.5 Å². The third kappa shape index (κ3) is 5.37. The van der Waals surface area contributed by atoms with E-state index in [0.29, 0.717) is 42.7 Å². The van der Waals surface area contributed by atoms with E-state index in [1.807, 2.05) is 26.1 Å². The van der Waals surface area contributed by atoms with Crippen molar-refractivity contribution in [2.75, 3.05) is 50.1 Å². The molecule has 0 radical (unpaired) electrons. The van der Waals surface area contributed by atoms with Crippen molar-refractivity contribution < 1.29 is 13.5 Å². The summed E-state index contributed by atoms with van der Waals surface area (Å²) in [6.45, 7) is 7.13. The lowest BCUT2D eigenvalue weighted by Gasteiger charge is -2.36. The molecule has 2 aliphatic heterocycles. The van der Waals surface area contributed by atoms with Crippen LogP contribution in [0, 0.1) is 11.6 Å². The number of benzene rings is 1. The van der Waals surface area contributed by atoms with Gasteiger partial charge in [0.25, 0.3) is 0 Å². The average molecular weight is 509 g/mol. The van der Waals surface area contributed by atoms with Gasteiger partial charge in [-0.3, -0.25) is 4.98 Å². The molecule has 9 heteroatoms. The number of pyridine rings is 1. The van der Waals surface area contributed by atoms with E-state index in [1.54, 1.807) is 6.07 Å². The van der Waals surface area contributed by atoms with Gasteiger partial charge in [-0.05, 0) is 65.0 Å². The van der Waals surface area contributed by atoms with Crippen LogP contribution in [0.4, 0.5) is 20.2 Å². The summed E-state index contributed by atoms with van der Waals surface area (Å²) in [6.07, 6.45) is 5.64. The third-order valence-electron chi connectivity index (χ3n) is 7.31. The normalized spacial score (nSPS) is 16.3. The third-order valence-corrected chi connectivity index (χ3v) is 7.31. The van der Waals surface area contributed by atoms with Crippen LogP contribution in [0.5, 0.6) is 5.75 Å². The highest BCUT2D eigenvalue weighted by molar-refractivity contribution is 5.72. The minimum absolute atomic E-state index is 0.0707. The SMILES string of the molecule is CC(C)N1CCOc2c(F)cc(-c3nc(Cc4ccc(N5CCC(N(C)C)CC5)cn4)ncc3F)cc21. The second kappa shape index (κ2) is 10.6. The summed E-state index contributed by atoms with van der Waals surface area (Å²) in [5.74, 6) is -0.489. The van der Waals surface area contributed by atoms with E-state index in [1.165, 1.54) is 6.07 Å². The summed E-state index contributed by atoms with van der Waals surface area (Å²) in [5, 5.41) is 0. The highest BCUT2D eigenvalue weighted by Crippen LogP contribution is 2.39. The van der Waals surface area contributed by atoms with E-state index in [4.69, 9.17) is 4.74 Å². The van der Waals surface area contributed by atoms with Crippen LogP contribution < -0.4 is 14.5 Å². The first-order chi connectivity index (χ1) is 17.8. The molecule has 1 saturated heterocycles. The fourth-order valence-electron chi connectivity index (χ4n) is 5.18. The topological polar surface area (TPSA) is 57.6 Å². The second-order valence-electron chi connectivity index (χ2n) is 10.3. The first-order valence-corrected chi connectivity index (χ1v) is 12.9. The van der Waals surface area contributed by atoms with Gasteiger partial charge < -0.3 is 19.4 Å². The Labute approximate surface area is 217 Å². The van der Waals surface area contributed by atoms with Crippen molar-refractivity contribution in [3.05, 3.63) is 59.8 Å². The Morgan fingerprint density at radius 3 is 2.49 bits per heavy atom. The van der Waals surface area contributed by atoms with Crippen molar-refractivity contribution in [2.45, 2.75) is 45.2 Å². The molecule has 1 aromatic carbocycles. The molecule has 2 aliphatic rings. The monoisotopic (exact) mass is 508 g/mol. The number of ether oxygens (including phenoxy) is 1. The van der Waals surface area contributed by atoms with E-state index in [0.717, 1.165) is 43.5 Å². The Morgan fingerprint density at radius 2 is 1.81 bits per heavy atom. The van der Waals surface area contributed by atoms with Gasteiger partial charge in [0.05, 0.1) is 36.7 Å². The minimum atomic E-state index is -0.597. The molecule has 196 valence electrons. The number of hydrogen-bond acceptors (Lipinski definition) is 7. The maximum absolute atomic E-state index is 15.0. The first kappa shape index (κ1) is 25.3. The minimum Gasteiger partial charge on any atom is -0.486 e. The largest absolute Gasteiger partial charge is 0.486 e. The quantitative estimate of drug-likeness (QED) is 0.484. The number of anilines is 2. The molecule has 0 spiro atoms. The van der Waals surface area contributed by atoms with Crippen molar-refractivity contribution in [3.8, 4) is 17.0 Å². The zero-order valence-electron chi connectivity index (χ0n) is 21.9. The van der Waals surface area contributed by atoms with Gasteiger partial charge in [0.2, 0.25) is 0 Å². The lowest BCUT2D eigenvalue weighted by molar-refractivity contribution is 0.249. The Hall–Kier alpha value is -3.33. The maximum atomic E-state index is 15.0. The number of hydrogen-bond donors (Lipinski definition) is 0. The van der Waals surface area contributed by atoms with Crippen molar-refractivity contribution >= 4 is 11.4 Å². The summed E-state index contributed by atoms with van der Waals surface area (Å²) < 4.78 is 35.4. The molecule has 1 fully saturated rings. The molecule has 0 N–H and O–H groups in total. The van der Waals surface area contributed by atoms with Gasteiger partial charge in [0.1, 0.15) is 18.1 Å². The van der Waals surface area contributed by atoms with E-state index >= 15 is 0 Å². The van der Waals surface area contributed by atoms with E-state index in [9.17, 15) is 8.78 Å². The Bertz CT molecular complexity index is 1240. The van der Waals surface area contributed by atoms with E-state index in [2.05, 4.69) is 49.8 Å². The molecule has 37 heavy (non-hydrogen) atoms. The van der Waals surface area contributed by atoms with Crippen LogP contribution in [-0.4, -0.2) is 72.3 Å². The molecule has 0 aliphatic carbocycles. The fourth-order valence-corrected chi connectivity index (χ4v) is 5.18. The zero-order valence-corrected chi connectivity index (χ0v) is 21.9. The average Bonchev–Trinajstić information content (AvgIpc) is 2.90. The number of fused-ring (bicyclic) bond motifs is 1. The Kier molecular flexibility index (Phi) is 7.24. The molecule has 0 bridgehead atoms. The van der Waals surface area contributed by atoms with Gasteiger partial charge in [-0.25, -0.2) is 18.7 Å².